The van der Waals surface area contributed by atoms with Crippen molar-refractivity contribution in [3.8, 4) is 0 Å². The molecular formula is C11H26N2O2Si. The van der Waals surface area contributed by atoms with Crippen LogP contribution in [0.1, 0.15) is 39.5 Å². The zero-order valence-electron chi connectivity index (χ0n) is 11.0. The molecule has 0 aromatic rings. The average molecular weight is 246 g/mol. The Kier molecular flexibility index (Phi) is 6.03. The largest absolute Gasteiger partial charge is 0.412 e. The number of amides is 2. The number of rotatable bonds is 2. The van der Waals surface area contributed by atoms with Gasteiger partial charge in [0.1, 0.15) is 0 Å². The number of hydrogen-bond acceptors (Lipinski definition) is 2. The summed E-state index contributed by atoms with van der Waals surface area (Å²) in [5.74, 6) is 0. The van der Waals surface area contributed by atoms with Gasteiger partial charge in [-0.3, -0.25) is 0 Å². The Morgan fingerprint density at radius 2 is 1.94 bits per heavy atom. The molecule has 1 atom stereocenters. The quantitative estimate of drug-likeness (QED) is 0.734. The van der Waals surface area contributed by atoms with E-state index in [-0.39, 0.29) is 5.60 Å². The maximum Gasteiger partial charge on any atom is 0.309 e. The smallest absolute Gasteiger partial charge is 0.309 e. The summed E-state index contributed by atoms with van der Waals surface area (Å²) in [7, 11) is -1.26. The minimum Gasteiger partial charge on any atom is -0.412 e. The molecule has 1 fully saturated rings. The summed E-state index contributed by atoms with van der Waals surface area (Å²) in [4.78, 5) is 9.00. The van der Waals surface area contributed by atoms with E-state index in [9.17, 15) is 0 Å². The Morgan fingerprint density at radius 1 is 1.44 bits per heavy atom. The van der Waals surface area contributed by atoms with E-state index in [1.165, 1.54) is 31.7 Å². The summed E-state index contributed by atoms with van der Waals surface area (Å²) >= 11 is 0. The second-order valence-corrected chi connectivity index (χ2v) is 9.54. The minimum atomic E-state index is -1.26. The van der Waals surface area contributed by atoms with Gasteiger partial charge in [-0.1, -0.05) is 19.8 Å². The molecule has 96 valence electrons. The first-order chi connectivity index (χ1) is 7.21. The molecule has 0 radical (unpaired) electrons. The Labute approximate surface area is 99.8 Å². The number of carbonyl (C=O) groups excluding carboxylic acids is 1. The van der Waals surface area contributed by atoms with Crippen molar-refractivity contribution in [1.82, 2.24) is 0 Å². The lowest BCUT2D eigenvalue weighted by Crippen LogP contribution is -2.46. The van der Waals surface area contributed by atoms with Gasteiger partial charge >= 0.3 is 6.03 Å². The first kappa shape index (κ1) is 15.4. The summed E-state index contributed by atoms with van der Waals surface area (Å²) in [6.45, 7) is 9.24. The standard InChI is InChI=1S/C10H22OSi.CH4N2O/c1-5-7-10(2)8-6-9-12(3,4)11-10;2-1(3)4/h5-9H2,1-4H3;(H4,2,3,4). The Bertz CT molecular complexity index is 226. The fraction of sp³-hybridized carbons (Fsp3) is 0.909. The van der Waals surface area contributed by atoms with Crippen molar-refractivity contribution in [2.75, 3.05) is 0 Å². The highest BCUT2D eigenvalue weighted by molar-refractivity contribution is 6.71. The topological polar surface area (TPSA) is 78.3 Å². The van der Waals surface area contributed by atoms with Crippen molar-refractivity contribution in [1.29, 1.82) is 0 Å². The molecular weight excluding hydrogens is 220 g/mol. The third kappa shape index (κ3) is 6.84. The van der Waals surface area contributed by atoms with E-state index in [2.05, 4.69) is 38.4 Å². The van der Waals surface area contributed by atoms with Crippen molar-refractivity contribution >= 4 is 14.3 Å². The predicted octanol–water partition coefficient (Wildman–Crippen LogP) is 2.58. The molecule has 1 aliphatic rings. The second kappa shape index (κ2) is 6.25. The highest BCUT2D eigenvalue weighted by Crippen LogP contribution is 2.35. The summed E-state index contributed by atoms with van der Waals surface area (Å²) in [5, 5.41) is 0. The molecule has 5 heteroatoms. The highest BCUT2D eigenvalue weighted by atomic mass is 28.4. The van der Waals surface area contributed by atoms with E-state index in [1.807, 2.05) is 0 Å². The molecule has 2 amide bonds. The number of urea groups is 1. The van der Waals surface area contributed by atoms with E-state index in [1.54, 1.807) is 0 Å². The lowest BCUT2D eigenvalue weighted by atomic mass is 9.95. The van der Waals surface area contributed by atoms with Gasteiger partial charge in [0.25, 0.3) is 0 Å². The van der Waals surface area contributed by atoms with E-state index in [0.717, 1.165) is 0 Å². The normalized spacial score (nSPS) is 27.8. The fourth-order valence-corrected chi connectivity index (χ4v) is 5.03. The highest BCUT2D eigenvalue weighted by Gasteiger charge is 2.37. The zero-order chi connectivity index (χ0) is 12.8. The molecule has 0 saturated carbocycles. The number of nitrogens with two attached hydrogens (primary N) is 2. The lowest BCUT2D eigenvalue weighted by Gasteiger charge is -2.42. The average Bonchev–Trinajstić information content (AvgIpc) is 1.99. The van der Waals surface area contributed by atoms with E-state index in [0.29, 0.717) is 0 Å². The van der Waals surface area contributed by atoms with Crippen LogP contribution >= 0.6 is 0 Å². The van der Waals surface area contributed by atoms with Crippen LogP contribution in [0.4, 0.5) is 4.79 Å². The third-order valence-corrected chi connectivity index (χ3v) is 5.39. The van der Waals surface area contributed by atoms with Crippen LogP contribution in [0.15, 0.2) is 0 Å². The molecule has 16 heavy (non-hydrogen) atoms. The van der Waals surface area contributed by atoms with Crippen LogP contribution in [0.25, 0.3) is 0 Å². The second-order valence-electron chi connectivity index (χ2n) is 5.32. The van der Waals surface area contributed by atoms with Gasteiger partial charge in [0.15, 0.2) is 8.32 Å². The molecule has 0 aromatic heterocycles. The van der Waals surface area contributed by atoms with E-state index in [4.69, 9.17) is 9.22 Å². The van der Waals surface area contributed by atoms with Crippen molar-refractivity contribution < 1.29 is 9.22 Å². The number of primary amides is 2. The van der Waals surface area contributed by atoms with Gasteiger partial charge in [0.2, 0.25) is 0 Å². The maximum absolute atomic E-state index is 9.00. The first-order valence-corrected chi connectivity index (χ1v) is 9.07. The van der Waals surface area contributed by atoms with Crippen LogP contribution in [-0.2, 0) is 4.43 Å². The summed E-state index contributed by atoms with van der Waals surface area (Å²) < 4.78 is 6.24. The Morgan fingerprint density at radius 3 is 2.31 bits per heavy atom. The molecule has 0 aliphatic carbocycles. The third-order valence-electron chi connectivity index (χ3n) is 2.79. The van der Waals surface area contributed by atoms with Crippen LogP contribution < -0.4 is 11.5 Å². The van der Waals surface area contributed by atoms with Gasteiger partial charge in [-0.2, -0.15) is 0 Å². The monoisotopic (exact) mass is 246 g/mol. The molecule has 1 heterocycles. The van der Waals surface area contributed by atoms with E-state index >= 15 is 0 Å². The summed E-state index contributed by atoms with van der Waals surface area (Å²) in [6.07, 6.45) is 5.15. The van der Waals surface area contributed by atoms with Crippen molar-refractivity contribution in [3.05, 3.63) is 0 Å². The minimum absolute atomic E-state index is 0.225. The van der Waals surface area contributed by atoms with E-state index < -0.39 is 14.3 Å². The molecule has 0 spiro atoms. The first-order valence-electron chi connectivity index (χ1n) is 5.96. The summed E-state index contributed by atoms with van der Waals surface area (Å²) in [5.41, 5.74) is 8.72. The van der Waals surface area contributed by atoms with Crippen LogP contribution in [0.2, 0.25) is 19.1 Å². The molecule has 4 nitrogen and oxygen atoms in total. The summed E-state index contributed by atoms with van der Waals surface area (Å²) in [6, 6.07) is 0.520. The zero-order valence-corrected chi connectivity index (χ0v) is 12.0. The van der Waals surface area contributed by atoms with Gasteiger partial charge in [0.05, 0.1) is 5.60 Å². The molecule has 0 aromatic carbocycles. The van der Waals surface area contributed by atoms with Crippen LogP contribution in [0.5, 0.6) is 0 Å². The van der Waals surface area contributed by atoms with Gasteiger partial charge in [0, 0.05) is 0 Å². The van der Waals surface area contributed by atoms with Gasteiger partial charge < -0.3 is 15.9 Å². The number of carbonyl (C=O) groups is 1. The van der Waals surface area contributed by atoms with Crippen molar-refractivity contribution in [3.63, 3.8) is 0 Å². The maximum atomic E-state index is 9.00. The number of hydrogen-bond donors (Lipinski definition) is 2. The van der Waals surface area contributed by atoms with Crippen LogP contribution in [-0.4, -0.2) is 19.9 Å². The van der Waals surface area contributed by atoms with Crippen molar-refractivity contribution in [2.45, 2.75) is 64.3 Å². The molecule has 1 aliphatic heterocycles. The van der Waals surface area contributed by atoms with Gasteiger partial charge in [-0.15, -0.1) is 0 Å². The molecule has 1 rings (SSSR count). The Hall–Kier alpha value is -0.553. The van der Waals surface area contributed by atoms with Crippen molar-refractivity contribution in [2.24, 2.45) is 11.5 Å². The van der Waals surface area contributed by atoms with Crippen LogP contribution in [0, 0.1) is 0 Å². The molecule has 1 unspecified atom stereocenters. The fourth-order valence-electron chi connectivity index (χ4n) is 2.36. The van der Waals surface area contributed by atoms with Gasteiger partial charge in [-0.25, -0.2) is 4.79 Å². The SMILES string of the molecule is CCCC1(C)CCC[Si](C)(C)O1.NC(N)=O. The molecule has 1 saturated heterocycles. The van der Waals surface area contributed by atoms with Crippen LogP contribution in [0.3, 0.4) is 0 Å². The lowest BCUT2D eigenvalue weighted by molar-refractivity contribution is 0.0438. The predicted molar refractivity (Wildman–Crippen MR) is 69.7 cm³/mol. The van der Waals surface area contributed by atoms with Gasteiger partial charge in [-0.05, 0) is 38.9 Å². The molecule has 4 N–H and O–H groups in total. The molecule has 0 bridgehead atoms. The Balaban J connectivity index is 0.000000487.